The molecule has 0 aromatic carbocycles. The van der Waals surface area contributed by atoms with Crippen molar-refractivity contribution in [3.8, 4) is 0 Å². The highest BCUT2D eigenvalue weighted by molar-refractivity contribution is 5.99. The number of amides is 2. The number of hydrogen-bond acceptors (Lipinski definition) is 6. The van der Waals surface area contributed by atoms with Gasteiger partial charge in [0.05, 0.1) is 30.8 Å². The average Bonchev–Trinajstić information content (AvgIpc) is 3.08. The Balaban J connectivity index is 1.91. The van der Waals surface area contributed by atoms with Crippen LogP contribution >= 0.6 is 0 Å². The van der Waals surface area contributed by atoms with Gasteiger partial charge in [0.15, 0.2) is 0 Å². The maximum absolute atomic E-state index is 14.2. The zero-order chi connectivity index (χ0) is 24.8. The highest BCUT2D eigenvalue weighted by Crippen LogP contribution is 2.57. The Morgan fingerprint density at radius 2 is 1.79 bits per heavy atom. The molecule has 1 unspecified atom stereocenters. The van der Waals surface area contributed by atoms with Gasteiger partial charge in [-0.25, -0.2) is 0 Å². The van der Waals surface area contributed by atoms with E-state index in [0.29, 0.717) is 13.2 Å². The number of aliphatic hydroxyl groups excluding tert-OH is 1. The van der Waals surface area contributed by atoms with Crippen LogP contribution in [0, 0.1) is 17.8 Å². The third-order valence-corrected chi connectivity index (χ3v) is 7.91. The molecule has 0 aromatic rings. The summed E-state index contributed by atoms with van der Waals surface area (Å²) in [4.78, 5) is 44.9. The maximum Gasteiger partial charge on any atom is 0.313 e. The molecule has 1 spiro atoms. The number of carbonyl (C=O) groups excluding carboxylic acids is 3. The molecule has 188 valence electrons. The van der Waals surface area contributed by atoms with Crippen LogP contribution in [0.1, 0.15) is 53.9 Å². The molecule has 4 aliphatic heterocycles. The lowest BCUT2D eigenvalue weighted by Gasteiger charge is -2.41. The fraction of sp³-hybridized carbons (Fsp3) is 0.731. The van der Waals surface area contributed by atoms with Gasteiger partial charge in [0.1, 0.15) is 17.6 Å². The van der Waals surface area contributed by atoms with Gasteiger partial charge in [0, 0.05) is 12.6 Å². The molecule has 34 heavy (non-hydrogen) atoms. The molecular formula is C26H38N2O6. The molecular weight excluding hydrogens is 436 g/mol. The van der Waals surface area contributed by atoms with E-state index in [1.165, 1.54) is 4.90 Å². The molecule has 0 radical (unpaired) electrons. The van der Waals surface area contributed by atoms with Crippen LogP contribution in [0.25, 0.3) is 0 Å². The van der Waals surface area contributed by atoms with Gasteiger partial charge in [-0.3, -0.25) is 14.4 Å². The fourth-order valence-electron chi connectivity index (χ4n) is 6.20. The Morgan fingerprint density at radius 1 is 1.06 bits per heavy atom. The molecule has 0 bridgehead atoms. The summed E-state index contributed by atoms with van der Waals surface area (Å²) in [6, 6.07) is -1.63. The van der Waals surface area contributed by atoms with Crippen LogP contribution in [0.2, 0.25) is 0 Å². The van der Waals surface area contributed by atoms with Gasteiger partial charge in [0.25, 0.3) is 0 Å². The van der Waals surface area contributed by atoms with E-state index in [1.54, 1.807) is 4.90 Å². The second-order valence-corrected chi connectivity index (χ2v) is 10.8. The molecule has 2 saturated heterocycles. The van der Waals surface area contributed by atoms with E-state index in [1.807, 2.05) is 58.9 Å². The summed E-state index contributed by atoms with van der Waals surface area (Å²) in [6.07, 6.45) is 10.0. The van der Waals surface area contributed by atoms with Crippen molar-refractivity contribution in [2.75, 3.05) is 19.8 Å². The largest absolute Gasteiger partial charge is 0.465 e. The van der Waals surface area contributed by atoms with Crippen LogP contribution in [-0.4, -0.2) is 81.8 Å². The standard InChI is InChI=1S/C26H38N2O6/c1-16(2)18(15-29)28-21-23(31)27(17(3)4)13-10-12-26(21)19(22(28)30)20-24(32)33-14-9-7-6-8-11-25(20,5)34-26/h8,10-12,16-21,29H,6-7,9,13-15H2,1-5H3/b11-8-/t18-,19-,20+,21?,25-,26-/m0/s1. The van der Waals surface area contributed by atoms with E-state index in [9.17, 15) is 19.5 Å². The number of nitrogens with zero attached hydrogens (tertiary/aromatic N) is 2. The van der Waals surface area contributed by atoms with Crippen LogP contribution < -0.4 is 0 Å². The third kappa shape index (κ3) is 3.70. The molecule has 4 aliphatic rings. The maximum atomic E-state index is 14.2. The average molecular weight is 475 g/mol. The number of aliphatic hydroxyl groups is 1. The quantitative estimate of drug-likeness (QED) is 0.495. The number of hydrogen-bond donors (Lipinski definition) is 1. The monoisotopic (exact) mass is 474 g/mol. The molecule has 0 aromatic heterocycles. The van der Waals surface area contributed by atoms with Crippen molar-refractivity contribution < 1.29 is 29.0 Å². The second-order valence-electron chi connectivity index (χ2n) is 10.8. The van der Waals surface area contributed by atoms with Crippen molar-refractivity contribution >= 4 is 17.8 Å². The highest BCUT2D eigenvalue weighted by atomic mass is 16.6. The lowest BCUT2D eigenvalue weighted by atomic mass is 9.74. The molecule has 2 fully saturated rings. The van der Waals surface area contributed by atoms with E-state index >= 15 is 0 Å². The van der Waals surface area contributed by atoms with Crippen LogP contribution in [0.5, 0.6) is 0 Å². The normalized spacial score (nSPS) is 37.9. The number of likely N-dealkylation sites (tertiary alicyclic amines) is 1. The summed E-state index contributed by atoms with van der Waals surface area (Å²) in [5, 5.41) is 10.3. The molecule has 1 N–H and O–H groups in total. The minimum atomic E-state index is -1.32. The van der Waals surface area contributed by atoms with E-state index in [2.05, 4.69) is 0 Å². The summed E-state index contributed by atoms with van der Waals surface area (Å²) in [6.45, 7) is 9.91. The number of esters is 1. The Hall–Kier alpha value is -2.19. The van der Waals surface area contributed by atoms with Crippen molar-refractivity contribution in [1.82, 2.24) is 9.80 Å². The number of rotatable bonds is 4. The van der Waals surface area contributed by atoms with Gasteiger partial charge in [-0.1, -0.05) is 38.2 Å². The minimum absolute atomic E-state index is 0.0857. The molecule has 4 heterocycles. The number of fused-ring (bicyclic) bond motifs is 2. The number of allylic oxidation sites excluding steroid dienone is 1. The molecule has 8 heteroatoms. The smallest absolute Gasteiger partial charge is 0.313 e. The van der Waals surface area contributed by atoms with Gasteiger partial charge >= 0.3 is 5.97 Å². The van der Waals surface area contributed by atoms with E-state index in [-0.39, 0.29) is 30.4 Å². The van der Waals surface area contributed by atoms with Gasteiger partial charge < -0.3 is 24.4 Å². The van der Waals surface area contributed by atoms with Crippen molar-refractivity contribution in [2.24, 2.45) is 17.8 Å². The first-order valence-electron chi connectivity index (χ1n) is 12.5. The molecule has 8 nitrogen and oxygen atoms in total. The molecule has 6 atom stereocenters. The lowest BCUT2D eigenvalue weighted by molar-refractivity contribution is -0.162. The van der Waals surface area contributed by atoms with Gasteiger partial charge in [0.2, 0.25) is 11.8 Å². The Labute approximate surface area is 201 Å². The van der Waals surface area contributed by atoms with Gasteiger partial charge in [-0.05, 0) is 46.0 Å². The van der Waals surface area contributed by atoms with Crippen LogP contribution in [0.15, 0.2) is 24.3 Å². The van der Waals surface area contributed by atoms with Gasteiger partial charge in [-0.15, -0.1) is 0 Å². The predicted octanol–water partition coefficient (Wildman–Crippen LogP) is 2.06. The summed E-state index contributed by atoms with van der Waals surface area (Å²) >= 11 is 0. The SMILES string of the molecule is CC(C)[C@H](CO)N1C(=O)[C@@H]2[C@@H]3C(=O)OCCCC/C=C\[C@]3(C)O[C@@]23C=CCN(C(C)C)C(=O)C13. The first-order chi connectivity index (χ1) is 16.1. The lowest BCUT2D eigenvalue weighted by Crippen LogP contribution is -2.60. The fourth-order valence-corrected chi connectivity index (χ4v) is 6.20. The predicted molar refractivity (Wildman–Crippen MR) is 125 cm³/mol. The number of ether oxygens (including phenoxy) is 2. The van der Waals surface area contributed by atoms with Crippen molar-refractivity contribution in [3.05, 3.63) is 24.3 Å². The number of cyclic esters (lactones) is 1. The molecule has 0 aliphatic carbocycles. The summed E-state index contributed by atoms with van der Waals surface area (Å²) in [5.41, 5.74) is -2.42. The highest BCUT2D eigenvalue weighted by Gasteiger charge is 2.75. The second kappa shape index (κ2) is 9.11. The number of carbonyl (C=O) groups is 3. The molecule has 0 saturated carbocycles. The van der Waals surface area contributed by atoms with Crippen molar-refractivity contribution in [2.45, 2.75) is 83.2 Å². The summed E-state index contributed by atoms with van der Waals surface area (Å²) in [7, 11) is 0. The summed E-state index contributed by atoms with van der Waals surface area (Å²) in [5.74, 6) is -2.94. The Kier molecular flexibility index (Phi) is 6.68. The zero-order valence-corrected chi connectivity index (χ0v) is 20.9. The van der Waals surface area contributed by atoms with Gasteiger partial charge in [-0.2, -0.15) is 0 Å². The zero-order valence-electron chi connectivity index (χ0n) is 20.9. The van der Waals surface area contributed by atoms with E-state index in [4.69, 9.17) is 9.47 Å². The van der Waals surface area contributed by atoms with E-state index < -0.39 is 41.1 Å². The first-order valence-corrected chi connectivity index (χ1v) is 12.5. The Bertz CT molecular complexity index is 898. The topological polar surface area (TPSA) is 96.4 Å². The Morgan fingerprint density at radius 3 is 2.44 bits per heavy atom. The minimum Gasteiger partial charge on any atom is -0.465 e. The third-order valence-electron chi connectivity index (χ3n) is 7.91. The molecule has 4 rings (SSSR count). The summed E-state index contributed by atoms with van der Waals surface area (Å²) < 4.78 is 12.4. The van der Waals surface area contributed by atoms with Crippen LogP contribution in [0.4, 0.5) is 0 Å². The van der Waals surface area contributed by atoms with Crippen LogP contribution in [-0.2, 0) is 23.9 Å². The van der Waals surface area contributed by atoms with Crippen LogP contribution in [0.3, 0.4) is 0 Å². The molecule has 2 amide bonds. The first kappa shape index (κ1) is 24.9. The van der Waals surface area contributed by atoms with E-state index in [0.717, 1.165) is 19.3 Å². The van der Waals surface area contributed by atoms with Crippen molar-refractivity contribution in [3.63, 3.8) is 0 Å². The van der Waals surface area contributed by atoms with Crippen molar-refractivity contribution in [1.29, 1.82) is 0 Å².